The number of aliphatic hydroxyl groups is 8. The molecule has 2 fully saturated rings. The van der Waals surface area contributed by atoms with Crippen LogP contribution in [-0.4, -0.2) is 126 Å². The molecule has 10 atom stereocenters. The molecule has 10 N–H and O–H groups in total. The number of hydrogen-bond donors (Lipinski definition) is 10. The summed E-state index contributed by atoms with van der Waals surface area (Å²) in [6.45, 7) is -1.37. The van der Waals surface area contributed by atoms with Gasteiger partial charge in [-0.3, -0.25) is 4.79 Å². The van der Waals surface area contributed by atoms with Crippen LogP contribution in [0.15, 0.2) is 45.6 Å². The highest BCUT2D eigenvalue weighted by Crippen LogP contribution is 2.43. The summed E-state index contributed by atoms with van der Waals surface area (Å²) in [5, 5.41) is 99.8. The lowest BCUT2D eigenvalue weighted by Crippen LogP contribution is -2.60. The molecule has 0 spiro atoms. The Labute approximate surface area is 241 Å². The number of aromatic hydroxyl groups is 2. The molecule has 2 aliphatic heterocycles. The van der Waals surface area contributed by atoms with Gasteiger partial charge in [-0.1, -0.05) is 0 Å². The van der Waals surface area contributed by atoms with Crippen LogP contribution in [0.25, 0.3) is 22.3 Å². The Bertz CT molecular complexity index is 1490. The van der Waals surface area contributed by atoms with Crippen molar-refractivity contribution in [1.29, 1.82) is 0 Å². The van der Waals surface area contributed by atoms with Crippen molar-refractivity contribution in [3.63, 3.8) is 0 Å². The lowest BCUT2D eigenvalue weighted by Gasteiger charge is -2.39. The zero-order valence-electron chi connectivity index (χ0n) is 22.1. The quantitative estimate of drug-likeness (QED) is 0.130. The third kappa shape index (κ3) is 5.73. The van der Waals surface area contributed by atoms with Gasteiger partial charge in [0.05, 0.1) is 13.2 Å². The van der Waals surface area contributed by atoms with Crippen molar-refractivity contribution in [2.24, 2.45) is 0 Å². The van der Waals surface area contributed by atoms with Crippen LogP contribution in [0.5, 0.6) is 23.0 Å². The maximum Gasteiger partial charge on any atom is 0.229 e. The van der Waals surface area contributed by atoms with Crippen molar-refractivity contribution in [2.75, 3.05) is 13.2 Å². The molecule has 16 nitrogen and oxygen atoms in total. The average molecular weight is 611 g/mol. The predicted molar refractivity (Wildman–Crippen MR) is 140 cm³/mol. The van der Waals surface area contributed by atoms with Crippen molar-refractivity contribution in [3.8, 4) is 34.3 Å². The molecular weight excluding hydrogens is 580 g/mol. The second kappa shape index (κ2) is 12.2. The van der Waals surface area contributed by atoms with Crippen molar-refractivity contribution in [2.45, 2.75) is 61.4 Å². The van der Waals surface area contributed by atoms with Gasteiger partial charge in [-0.05, 0) is 24.3 Å². The first kappa shape index (κ1) is 30.9. The van der Waals surface area contributed by atoms with E-state index in [1.807, 2.05) is 0 Å². The monoisotopic (exact) mass is 610 g/mol. The predicted octanol–water partition coefficient (Wildman–Crippen LogP) is -2.77. The average Bonchev–Trinajstić information content (AvgIpc) is 2.99. The van der Waals surface area contributed by atoms with E-state index < -0.39 is 103 Å². The number of rotatable bonds is 7. The molecule has 2 saturated heterocycles. The van der Waals surface area contributed by atoms with Crippen LogP contribution in [0.2, 0.25) is 0 Å². The minimum absolute atomic E-state index is 0.0123. The molecule has 43 heavy (non-hydrogen) atoms. The van der Waals surface area contributed by atoms with Gasteiger partial charge in [0, 0.05) is 17.7 Å². The Hall–Kier alpha value is -3.55. The fourth-order valence-electron chi connectivity index (χ4n) is 4.81. The van der Waals surface area contributed by atoms with E-state index >= 15 is 0 Å². The number of phenolic OH excluding ortho intramolecular Hbond substituents is 2. The molecule has 0 radical (unpaired) electrons. The SMILES string of the molecule is O=c1cc(-c2ccc(OC3O[C@H](CO)[C@@H](O)[C@H](O)[C@H]3O)cc2)oc2cc(O)c(OC3O[C@H](CO)[C@@H](O)[C@H](O)[C@H]3O)c(O)c12. The van der Waals surface area contributed by atoms with Gasteiger partial charge in [-0.2, -0.15) is 0 Å². The highest BCUT2D eigenvalue weighted by atomic mass is 16.7. The highest BCUT2D eigenvalue weighted by Gasteiger charge is 2.46. The normalized spacial score (nSPS) is 32.9. The summed E-state index contributed by atoms with van der Waals surface area (Å²) < 4.78 is 27.2. The minimum Gasteiger partial charge on any atom is -0.504 e. The van der Waals surface area contributed by atoms with Crippen LogP contribution in [0.3, 0.4) is 0 Å². The van der Waals surface area contributed by atoms with E-state index in [0.717, 1.165) is 12.1 Å². The van der Waals surface area contributed by atoms with Crippen molar-refractivity contribution >= 4 is 11.0 Å². The Balaban J connectivity index is 1.38. The van der Waals surface area contributed by atoms with Gasteiger partial charge in [0.25, 0.3) is 0 Å². The Morgan fingerprint density at radius 3 is 1.77 bits per heavy atom. The number of fused-ring (bicyclic) bond motifs is 1. The summed E-state index contributed by atoms with van der Waals surface area (Å²) in [6, 6.07) is 7.81. The third-order valence-electron chi connectivity index (χ3n) is 7.25. The van der Waals surface area contributed by atoms with Gasteiger partial charge in [0.1, 0.15) is 71.3 Å². The molecule has 3 heterocycles. The highest BCUT2D eigenvalue weighted by molar-refractivity contribution is 5.89. The van der Waals surface area contributed by atoms with E-state index in [1.54, 1.807) is 0 Å². The van der Waals surface area contributed by atoms with E-state index in [-0.39, 0.29) is 17.1 Å². The summed E-state index contributed by atoms with van der Waals surface area (Å²) >= 11 is 0. The van der Waals surface area contributed by atoms with Gasteiger partial charge in [-0.15, -0.1) is 0 Å². The van der Waals surface area contributed by atoms with Gasteiger partial charge >= 0.3 is 0 Å². The van der Waals surface area contributed by atoms with Crippen LogP contribution < -0.4 is 14.9 Å². The molecule has 0 aliphatic carbocycles. The third-order valence-corrected chi connectivity index (χ3v) is 7.25. The molecule has 0 bridgehead atoms. The molecular formula is C27H30O16. The number of benzene rings is 2. The number of hydrogen-bond acceptors (Lipinski definition) is 16. The van der Waals surface area contributed by atoms with E-state index in [0.29, 0.717) is 5.56 Å². The number of aliphatic hydroxyl groups excluding tert-OH is 8. The van der Waals surface area contributed by atoms with E-state index in [2.05, 4.69) is 0 Å². The first-order chi connectivity index (χ1) is 20.4. The molecule has 3 aromatic rings. The van der Waals surface area contributed by atoms with Gasteiger partial charge < -0.3 is 74.4 Å². The summed E-state index contributed by atoms with van der Waals surface area (Å²) in [7, 11) is 0. The maximum absolute atomic E-state index is 13.0. The zero-order valence-corrected chi connectivity index (χ0v) is 22.1. The lowest BCUT2D eigenvalue weighted by atomic mass is 9.99. The van der Waals surface area contributed by atoms with E-state index in [4.69, 9.17) is 23.4 Å². The molecule has 2 unspecified atom stereocenters. The van der Waals surface area contributed by atoms with Crippen LogP contribution in [0.4, 0.5) is 0 Å². The molecule has 5 rings (SSSR count). The molecule has 16 heteroatoms. The Morgan fingerprint density at radius 1 is 0.698 bits per heavy atom. The summed E-state index contributed by atoms with van der Waals surface area (Å²) in [4.78, 5) is 13.0. The first-order valence-electron chi connectivity index (χ1n) is 13.0. The largest absolute Gasteiger partial charge is 0.504 e. The smallest absolute Gasteiger partial charge is 0.229 e. The fraction of sp³-hybridized carbons (Fsp3) is 0.444. The molecule has 2 aromatic carbocycles. The van der Waals surface area contributed by atoms with Crippen molar-refractivity contribution in [1.82, 2.24) is 0 Å². The van der Waals surface area contributed by atoms with E-state index in [1.165, 1.54) is 24.3 Å². The summed E-state index contributed by atoms with van der Waals surface area (Å²) in [5.41, 5.74) is -0.657. The summed E-state index contributed by atoms with van der Waals surface area (Å²) in [5.74, 6) is -2.12. The van der Waals surface area contributed by atoms with E-state index in [9.17, 15) is 55.9 Å². The topological polar surface area (TPSA) is 269 Å². The Morgan fingerprint density at radius 2 is 1.23 bits per heavy atom. The fourth-order valence-corrected chi connectivity index (χ4v) is 4.81. The zero-order chi connectivity index (χ0) is 31.2. The number of ether oxygens (including phenoxy) is 4. The molecule has 2 aliphatic rings. The van der Waals surface area contributed by atoms with Gasteiger partial charge in [-0.25, -0.2) is 0 Å². The number of phenols is 2. The van der Waals surface area contributed by atoms with Crippen LogP contribution in [-0.2, 0) is 9.47 Å². The standard InChI is InChI=1S/C27H30O16/c28-7-15-18(32)21(35)23(37)26(41-15)39-10-3-1-9(2-4-10)13-5-11(30)17-14(40-13)6-12(31)25(20(17)34)43-27-24(38)22(36)19(33)16(8-29)42-27/h1-6,15-16,18-19,21-24,26-29,31-38H,7-8H2/t15-,16-,18-,19-,21+,22+,23-,24-,26?,27?/m1/s1. The van der Waals surface area contributed by atoms with Crippen molar-refractivity contribution in [3.05, 3.63) is 46.6 Å². The van der Waals surface area contributed by atoms with Crippen LogP contribution in [0.1, 0.15) is 0 Å². The van der Waals surface area contributed by atoms with Gasteiger partial charge in [0.2, 0.25) is 18.3 Å². The minimum atomic E-state index is -1.85. The summed E-state index contributed by atoms with van der Waals surface area (Å²) in [6.07, 6.45) is -15.7. The molecule has 0 amide bonds. The Kier molecular flexibility index (Phi) is 8.77. The second-order valence-corrected chi connectivity index (χ2v) is 10.1. The van der Waals surface area contributed by atoms with Gasteiger partial charge in [0.15, 0.2) is 16.9 Å². The molecule has 234 valence electrons. The van der Waals surface area contributed by atoms with Crippen molar-refractivity contribution < 1.29 is 74.4 Å². The van der Waals surface area contributed by atoms with Crippen LogP contribution in [0, 0.1) is 0 Å². The van der Waals surface area contributed by atoms with Crippen LogP contribution >= 0.6 is 0 Å². The second-order valence-electron chi connectivity index (χ2n) is 10.1. The molecule has 0 saturated carbocycles. The lowest BCUT2D eigenvalue weighted by molar-refractivity contribution is -0.277. The molecule has 1 aromatic heterocycles. The first-order valence-corrected chi connectivity index (χ1v) is 13.0. The maximum atomic E-state index is 13.0.